The summed E-state index contributed by atoms with van der Waals surface area (Å²) in [4.78, 5) is 30.3. The summed E-state index contributed by atoms with van der Waals surface area (Å²) in [6.07, 6.45) is 2.66. The van der Waals surface area contributed by atoms with E-state index in [2.05, 4.69) is 43.6 Å². The van der Waals surface area contributed by atoms with E-state index in [4.69, 9.17) is 0 Å². The molecule has 0 aliphatic carbocycles. The van der Waals surface area contributed by atoms with Gasteiger partial charge in [0.25, 0.3) is 5.91 Å². The van der Waals surface area contributed by atoms with Gasteiger partial charge < -0.3 is 14.4 Å². The average molecular weight is 438 g/mol. The van der Waals surface area contributed by atoms with Crippen molar-refractivity contribution in [1.29, 1.82) is 0 Å². The molecule has 0 bridgehead atoms. The Morgan fingerprint density at radius 3 is 2.46 bits per heavy atom. The SMILES string of the molecule is O=C(c1cn2c3c(cc(Br)cc3c1=O)CC2)N1CCN(c2ccccc2)CC1. The topological polar surface area (TPSA) is 45.6 Å². The fourth-order valence-electron chi connectivity index (χ4n) is 4.33. The highest BCUT2D eigenvalue weighted by Gasteiger charge is 2.27. The molecule has 0 N–H and O–H groups in total. The summed E-state index contributed by atoms with van der Waals surface area (Å²) < 4.78 is 2.95. The molecule has 6 heteroatoms. The number of amides is 1. The first kappa shape index (κ1) is 17.5. The minimum atomic E-state index is -0.161. The summed E-state index contributed by atoms with van der Waals surface area (Å²) in [6.45, 7) is 3.59. The number of rotatable bonds is 2. The molecule has 1 aromatic heterocycles. The summed E-state index contributed by atoms with van der Waals surface area (Å²) in [5, 5.41) is 0.635. The highest BCUT2D eigenvalue weighted by Crippen LogP contribution is 2.28. The summed E-state index contributed by atoms with van der Waals surface area (Å²) >= 11 is 3.50. The number of hydrogen-bond acceptors (Lipinski definition) is 3. The van der Waals surface area contributed by atoms with E-state index in [1.807, 2.05) is 29.2 Å². The number of benzene rings is 2. The van der Waals surface area contributed by atoms with E-state index in [1.165, 1.54) is 5.69 Å². The zero-order valence-electron chi connectivity index (χ0n) is 15.4. The van der Waals surface area contributed by atoms with Gasteiger partial charge in [0, 0.05) is 54.5 Å². The third-order valence-electron chi connectivity index (χ3n) is 5.76. The second-order valence-electron chi connectivity index (χ2n) is 7.39. The Hall–Kier alpha value is -2.60. The zero-order valence-corrected chi connectivity index (χ0v) is 17.0. The minimum Gasteiger partial charge on any atom is -0.368 e. The molecule has 1 amide bonds. The van der Waals surface area contributed by atoms with Crippen LogP contribution in [-0.2, 0) is 13.0 Å². The molecule has 5 rings (SSSR count). The van der Waals surface area contributed by atoms with Gasteiger partial charge in [-0.2, -0.15) is 0 Å². The largest absolute Gasteiger partial charge is 0.368 e. The molecule has 0 unspecified atom stereocenters. The number of para-hydroxylation sites is 1. The van der Waals surface area contributed by atoms with Crippen molar-refractivity contribution < 1.29 is 4.79 Å². The second kappa shape index (κ2) is 6.78. The summed E-state index contributed by atoms with van der Waals surface area (Å²) in [7, 11) is 0. The van der Waals surface area contributed by atoms with Gasteiger partial charge in [-0.25, -0.2) is 0 Å². The first-order valence-electron chi connectivity index (χ1n) is 9.57. The predicted octanol–water partition coefficient (Wildman–Crippen LogP) is 3.28. The molecule has 3 aromatic rings. The van der Waals surface area contributed by atoms with Crippen molar-refractivity contribution in [3.05, 3.63) is 74.5 Å². The van der Waals surface area contributed by atoms with Crippen LogP contribution in [0.5, 0.6) is 0 Å². The van der Waals surface area contributed by atoms with Gasteiger partial charge in [-0.3, -0.25) is 9.59 Å². The van der Waals surface area contributed by atoms with Crippen LogP contribution in [0.2, 0.25) is 0 Å². The number of carbonyl (C=O) groups excluding carboxylic acids is 1. The van der Waals surface area contributed by atoms with Crippen LogP contribution in [0.1, 0.15) is 15.9 Å². The average Bonchev–Trinajstić information content (AvgIpc) is 3.13. The Morgan fingerprint density at radius 2 is 1.71 bits per heavy atom. The molecular weight excluding hydrogens is 418 g/mol. The molecule has 0 spiro atoms. The molecule has 142 valence electrons. The van der Waals surface area contributed by atoms with E-state index in [9.17, 15) is 9.59 Å². The number of hydrogen-bond donors (Lipinski definition) is 0. The number of halogens is 1. The van der Waals surface area contributed by atoms with Crippen molar-refractivity contribution in [2.75, 3.05) is 31.1 Å². The van der Waals surface area contributed by atoms with Gasteiger partial charge in [-0.1, -0.05) is 34.1 Å². The van der Waals surface area contributed by atoms with Crippen LogP contribution in [-0.4, -0.2) is 41.6 Å². The van der Waals surface area contributed by atoms with Crippen molar-refractivity contribution in [2.24, 2.45) is 0 Å². The molecule has 3 heterocycles. The molecular formula is C22H20BrN3O2. The number of pyridine rings is 1. The number of aryl methyl sites for hydroxylation is 2. The van der Waals surface area contributed by atoms with Crippen molar-refractivity contribution >= 4 is 38.4 Å². The van der Waals surface area contributed by atoms with Gasteiger partial charge in [0.05, 0.1) is 5.52 Å². The van der Waals surface area contributed by atoms with E-state index in [1.54, 1.807) is 6.20 Å². The Labute approximate surface area is 171 Å². The number of aromatic nitrogens is 1. The predicted molar refractivity (Wildman–Crippen MR) is 114 cm³/mol. The highest BCUT2D eigenvalue weighted by atomic mass is 79.9. The molecule has 1 saturated heterocycles. The van der Waals surface area contributed by atoms with Crippen LogP contribution in [0.3, 0.4) is 0 Å². The lowest BCUT2D eigenvalue weighted by Gasteiger charge is -2.36. The van der Waals surface area contributed by atoms with E-state index in [0.29, 0.717) is 18.5 Å². The molecule has 2 aromatic carbocycles. The molecule has 0 saturated carbocycles. The van der Waals surface area contributed by atoms with E-state index < -0.39 is 0 Å². The standard InChI is InChI=1S/C22H20BrN3O2/c23-16-12-15-6-7-26-14-19(21(27)18(13-16)20(15)26)22(28)25-10-8-24(9-11-25)17-4-2-1-3-5-17/h1-5,12-14H,6-11H2. The fourth-order valence-corrected chi connectivity index (χ4v) is 4.83. The molecule has 2 aliphatic heterocycles. The van der Waals surface area contributed by atoms with Crippen LogP contribution in [0.4, 0.5) is 5.69 Å². The Balaban J connectivity index is 1.43. The van der Waals surface area contributed by atoms with Gasteiger partial charge in [-0.05, 0) is 36.2 Å². The third-order valence-corrected chi connectivity index (χ3v) is 6.21. The molecule has 0 atom stereocenters. The van der Waals surface area contributed by atoms with Crippen molar-refractivity contribution in [3.63, 3.8) is 0 Å². The smallest absolute Gasteiger partial charge is 0.259 e. The number of anilines is 1. The highest BCUT2D eigenvalue weighted by molar-refractivity contribution is 9.10. The van der Waals surface area contributed by atoms with E-state index >= 15 is 0 Å². The first-order chi connectivity index (χ1) is 13.6. The number of piperazine rings is 1. The van der Waals surface area contributed by atoms with Gasteiger partial charge in [0.2, 0.25) is 5.43 Å². The lowest BCUT2D eigenvalue weighted by molar-refractivity contribution is 0.0745. The normalized spacial score (nSPS) is 16.0. The summed E-state index contributed by atoms with van der Waals surface area (Å²) in [5.41, 5.74) is 3.43. The summed E-state index contributed by atoms with van der Waals surface area (Å²) in [5.74, 6) is -0.156. The summed E-state index contributed by atoms with van der Waals surface area (Å²) in [6, 6.07) is 14.1. The first-order valence-corrected chi connectivity index (χ1v) is 10.4. The Kier molecular flexibility index (Phi) is 4.23. The van der Waals surface area contributed by atoms with Gasteiger partial charge in [-0.15, -0.1) is 0 Å². The maximum Gasteiger partial charge on any atom is 0.259 e. The van der Waals surface area contributed by atoms with Crippen LogP contribution in [0.15, 0.2) is 57.9 Å². The van der Waals surface area contributed by atoms with Crippen LogP contribution in [0, 0.1) is 0 Å². The Morgan fingerprint density at radius 1 is 0.964 bits per heavy atom. The lowest BCUT2D eigenvalue weighted by atomic mass is 10.1. The van der Waals surface area contributed by atoms with E-state index in [-0.39, 0.29) is 16.9 Å². The van der Waals surface area contributed by atoms with Gasteiger partial charge in [0.15, 0.2) is 0 Å². The van der Waals surface area contributed by atoms with E-state index in [0.717, 1.165) is 41.6 Å². The Bertz CT molecular complexity index is 1130. The fraction of sp³-hybridized carbons (Fsp3) is 0.273. The second-order valence-corrected chi connectivity index (χ2v) is 8.31. The zero-order chi connectivity index (χ0) is 19.3. The van der Waals surface area contributed by atoms with Crippen LogP contribution >= 0.6 is 15.9 Å². The minimum absolute atomic E-state index is 0.156. The molecule has 0 radical (unpaired) electrons. The van der Waals surface area contributed by atoms with Crippen molar-refractivity contribution in [1.82, 2.24) is 9.47 Å². The van der Waals surface area contributed by atoms with Crippen LogP contribution < -0.4 is 10.3 Å². The molecule has 1 fully saturated rings. The van der Waals surface area contributed by atoms with Crippen molar-refractivity contribution in [2.45, 2.75) is 13.0 Å². The quantitative estimate of drug-likeness (QED) is 0.617. The number of carbonyl (C=O) groups is 1. The monoisotopic (exact) mass is 437 g/mol. The van der Waals surface area contributed by atoms with Crippen molar-refractivity contribution in [3.8, 4) is 0 Å². The van der Waals surface area contributed by atoms with Gasteiger partial charge >= 0.3 is 0 Å². The van der Waals surface area contributed by atoms with Gasteiger partial charge in [0.1, 0.15) is 5.56 Å². The molecule has 28 heavy (non-hydrogen) atoms. The third kappa shape index (κ3) is 2.83. The maximum absolute atomic E-state index is 13.2. The number of nitrogens with zero attached hydrogens (tertiary/aromatic N) is 3. The lowest BCUT2D eigenvalue weighted by Crippen LogP contribution is -2.49. The molecule has 2 aliphatic rings. The molecule has 5 nitrogen and oxygen atoms in total. The maximum atomic E-state index is 13.2. The van der Waals surface area contributed by atoms with Crippen LogP contribution in [0.25, 0.3) is 10.9 Å².